The van der Waals surface area contributed by atoms with E-state index in [0.29, 0.717) is 22.8 Å². The van der Waals surface area contributed by atoms with E-state index in [1.54, 1.807) is 17.8 Å². The molecule has 0 radical (unpaired) electrons. The minimum Gasteiger partial charge on any atom is -0.271 e. The van der Waals surface area contributed by atoms with Crippen molar-refractivity contribution in [2.75, 3.05) is 5.75 Å². The van der Waals surface area contributed by atoms with Crippen LogP contribution in [0.4, 0.5) is 4.39 Å². The molecule has 6 heteroatoms. The highest BCUT2D eigenvalue weighted by molar-refractivity contribution is 9.10. The molecule has 0 bridgehead atoms. The molecule has 2 rings (SSSR count). The van der Waals surface area contributed by atoms with Gasteiger partial charge < -0.3 is 0 Å². The Morgan fingerprint density at radius 2 is 2.05 bits per heavy atom. The molecule has 1 unspecified atom stereocenters. The second-order valence-corrected chi connectivity index (χ2v) is 6.93. The van der Waals surface area contributed by atoms with Crippen LogP contribution in [0.5, 0.6) is 0 Å². The lowest BCUT2D eigenvalue weighted by Crippen LogP contribution is -2.38. The van der Waals surface area contributed by atoms with E-state index >= 15 is 0 Å². The van der Waals surface area contributed by atoms with E-state index < -0.39 is 0 Å². The third kappa shape index (κ3) is 4.97. The maximum absolute atomic E-state index is 13.8. The smallest absolute Gasteiger partial charge is 0.127 e. The van der Waals surface area contributed by atoms with Gasteiger partial charge in [-0.3, -0.25) is 11.3 Å². The van der Waals surface area contributed by atoms with E-state index in [-0.39, 0.29) is 11.9 Å². The molecule has 0 aliphatic rings. The lowest BCUT2D eigenvalue weighted by Gasteiger charge is -2.16. The molecule has 0 saturated heterocycles. The van der Waals surface area contributed by atoms with Gasteiger partial charge in [0.05, 0.1) is 5.02 Å². The number of nitrogens with two attached hydrogens (primary N) is 1. The minimum absolute atomic E-state index is 0.0399. The van der Waals surface area contributed by atoms with Gasteiger partial charge in [-0.15, -0.1) is 11.8 Å². The van der Waals surface area contributed by atoms with Gasteiger partial charge in [0.1, 0.15) is 5.82 Å². The van der Waals surface area contributed by atoms with Gasteiger partial charge in [-0.2, -0.15) is 0 Å². The highest BCUT2D eigenvalue weighted by Gasteiger charge is 2.12. The average molecular weight is 390 g/mol. The summed E-state index contributed by atoms with van der Waals surface area (Å²) in [7, 11) is 0. The van der Waals surface area contributed by atoms with Crippen LogP contribution in [0, 0.1) is 5.82 Å². The molecule has 0 aliphatic heterocycles. The molecule has 0 aromatic heterocycles. The molecule has 0 saturated carbocycles. The van der Waals surface area contributed by atoms with Gasteiger partial charge in [0.15, 0.2) is 0 Å². The van der Waals surface area contributed by atoms with Crippen molar-refractivity contribution in [2.45, 2.75) is 17.4 Å². The van der Waals surface area contributed by atoms with Crippen LogP contribution in [0.1, 0.15) is 5.56 Å². The Labute approximate surface area is 141 Å². The van der Waals surface area contributed by atoms with Gasteiger partial charge in [-0.25, -0.2) is 4.39 Å². The summed E-state index contributed by atoms with van der Waals surface area (Å²) in [4.78, 5) is 0.996. The molecule has 2 nitrogen and oxygen atoms in total. The van der Waals surface area contributed by atoms with E-state index in [1.807, 2.05) is 30.3 Å². The first-order valence-electron chi connectivity index (χ1n) is 6.37. The fraction of sp³-hybridized carbons (Fsp3) is 0.200. The number of halogens is 3. The lowest BCUT2D eigenvalue weighted by atomic mass is 10.1. The molecule has 2 aromatic carbocycles. The molecule has 21 heavy (non-hydrogen) atoms. The van der Waals surface area contributed by atoms with Gasteiger partial charge in [0.25, 0.3) is 0 Å². The normalized spacial score (nSPS) is 12.4. The van der Waals surface area contributed by atoms with Crippen molar-refractivity contribution in [3.05, 3.63) is 63.3 Å². The maximum Gasteiger partial charge on any atom is 0.127 e. The van der Waals surface area contributed by atoms with Gasteiger partial charge in [-0.05, 0) is 36.2 Å². The van der Waals surface area contributed by atoms with Crippen LogP contribution >= 0.6 is 39.3 Å². The fourth-order valence-corrected chi connectivity index (χ4v) is 3.48. The second kappa shape index (κ2) is 8.15. The maximum atomic E-state index is 13.8. The monoisotopic (exact) mass is 388 g/mol. The zero-order chi connectivity index (χ0) is 15.2. The summed E-state index contributed by atoms with van der Waals surface area (Å²) in [5.41, 5.74) is 3.38. The predicted molar refractivity (Wildman–Crippen MR) is 91.1 cm³/mol. The first-order chi connectivity index (χ1) is 10.1. The largest absolute Gasteiger partial charge is 0.271 e. The Morgan fingerprint density at radius 1 is 1.29 bits per heavy atom. The summed E-state index contributed by atoms with van der Waals surface area (Å²) in [5.74, 6) is 6.05. The van der Waals surface area contributed by atoms with Crippen molar-refractivity contribution in [3.63, 3.8) is 0 Å². The third-order valence-corrected chi connectivity index (χ3v) is 5.16. The molecule has 0 spiro atoms. The molecule has 3 N–H and O–H groups in total. The SMILES string of the molecule is NNC(CSc1ccccc1Cl)Cc1ccc(Br)cc1F. The van der Waals surface area contributed by atoms with E-state index in [2.05, 4.69) is 21.4 Å². The van der Waals surface area contributed by atoms with Crippen LogP contribution in [0.3, 0.4) is 0 Å². The van der Waals surface area contributed by atoms with Crippen molar-refractivity contribution in [1.82, 2.24) is 5.43 Å². The van der Waals surface area contributed by atoms with Gasteiger partial charge in [0.2, 0.25) is 0 Å². The van der Waals surface area contributed by atoms with E-state index in [9.17, 15) is 4.39 Å². The first-order valence-corrected chi connectivity index (χ1v) is 8.53. The lowest BCUT2D eigenvalue weighted by molar-refractivity contribution is 0.546. The Kier molecular flexibility index (Phi) is 6.51. The number of benzene rings is 2. The number of hydrogen-bond donors (Lipinski definition) is 2. The number of hydrogen-bond acceptors (Lipinski definition) is 3. The first kappa shape index (κ1) is 16.8. The van der Waals surface area contributed by atoms with Crippen LogP contribution in [-0.4, -0.2) is 11.8 Å². The zero-order valence-electron chi connectivity index (χ0n) is 11.2. The van der Waals surface area contributed by atoms with Crippen LogP contribution in [0.15, 0.2) is 51.8 Å². The molecular weight excluding hydrogens is 375 g/mol. The summed E-state index contributed by atoms with van der Waals surface area (Å²) >= 11 is 11.0. The van der Waals surface area contributed by atoms with Crippen LogP contribution in [0.2, 0.25) is 5.02 Å². The van der Waals surface area contributed by atoms with Crippen molar-refractivity contribution in [1.29, 1.82) is 0 Å². The number of hydrazine groups is 1. The summed E-state index contributed by atoms with van der Waals surface area (Å²) in [6.45, 7) is 0. The standard InChI is InChI=1S/C15H15BrClFN2S/c16-11-6-5-10(14(18)8-11)7-12(20-19)9-21-15-4-2-1-3-13(15)17/h1-6,8,12,20H,7,9,19H2. The van der Waals surface area contributed by atoms with Gasteiger partial charge >= 0.3 is 0 Å². The van der Waals surface area contributed by atoms with Crippen molar-refractivity contribution < 1.29 is 4.39 Å². The second-order valence-electron chi connectivity index (χ2n) is 4.54. The highest BCUT2D eigenvalue weighted by Crippen LogP contribution is 2.27. The van der Waals surface area contributed by atoms with Crippen LogP contribution in [-0.2, 0) is 6.42 Å². The molecular formula is C15H15BrClFN2S. The molecule has 1 atom stereocenters. The van der Waals surface area contributed by atoms with Crippen LogP contribution < -0.4 is 11.3 Å². The van der Waals surface area contributed by atoms with Crippen molar-refractivity contribution in [2.24, 2.45) is 5.84 Å². The average Bonchev–Trinajstić information content (AvgIpc) is 2.47. The number of thioether (sulfide) groups is 1. The zero-order valence-corrected chi connectivity index (χ0v) is 14.3. The van der Waals surface area contributed by atoms with Gasteiger partial charge in [0, 0.05) is 21.2 Å². The highest BCUT2D eigenvalue weighted by atomic mass is 79.9. The van der Waals surface area contributed by atoms with Gasteiger partial charge in [-0.1, -0.05) is 45.7 Å². The van der Waals surface area contributed by atoms with E-state index in [1.165, 1.54) is 6.07 Å². The molecule has 0 fully saturated rings. The van der Waals surface area contributed by atoms with Crippen LogP contribution in [0.25, 0.3) is 0 Å². The molecule has 2 aromatic rings. The van der Waals surface area contributed by atoms with E-state index in [4.69, 9.17) is 17.4 Å². The Balaban J connectivity index is 1.99. The fourth-order valence-electron chi connectivity index (χ4n) is 1.87. The minimum atomic E-state index is -0.229. The van der Waals surface area contributed by atoms with Crippen molar-refractivity contribution in [3.8, 4) is 0 Å². The molecule has 0 heterocycles. The number of nitrogens with one attached hydrogen (secondary N) is 1. The summed E-state index contributed by atoms with van der Waals surface area (Å²) in [6.07, 6.45) is 0.521. The third-order valence-electron chi connectivity index (χ3n) is 2.99. The topological polar surface area (TPSA) is 38.0 Å². The molecule has 112 valence electrons. The summed E-state index contributed by atoms with van der Waals surface area (Å²) < 4.78 is 14.6. The Hall–Kier alpha value is -0.590. The quantitative estimate of drug-likeness (QED) is 0.437. The summed E-state index contributed by atoms with van der Waals surface area (Å²) in [5, 5.41) is 0.716. The van der Waals surface area contributed by atoms with Crippen molar-refractivity contribution >= 4 is 39.3 Å². The molecule has 0 amide bonds. The molecule has 0 aliphatic carbocycles. The Morgan fingerprint density at radius 3 is 2.71 bits per heavy atom. The van der Waals surface area contributed by atoms with E-state index in [0.717, 1.165) is 9.37 Å². The Bertz CT molecular complexity index is 612. The summed E-state index contributed by atoms with van der Waals surface area (Å²) in [6, 6.07) is 12.7. The number of rotatable bonds is 6. The predicted octanol–water partition coefficient (Wildman–Crippen LogP) is 4.41.